The molecule has 36 heavy (non-hydrogen) atoms. The van der Waals surface area contributed by atoms with Gasteiger partial charge in [0.25, 0.3) is 0 Å². The molecule has 0 aliphatic carbocycles. The Kier molecular flexibility index (Phi) is 7.85. The van der Waals surface area contributed by atoms with Crippen LogP contribution in [0.4, 0.5) is 35.1 Å². The predicted molar refractivity (Wildman–Crippen MR) is 117 cm³/mol. The average molecular weight is 518 g/mol. The van der Waals surface area contributed by atoms with Gasteiger partial charge in [-0.15, -0.1) is 0 Å². The van der Waals surface area contributed by atoms with Crippen LogP contribution in [0.1, 0.15) is 59.1 Å². The number of alkyl halides is 6. The zero-order valence-corrected chi connectivity index (χ0v) is 18.9. The Morgan fingerprint density at radius 2 is 1.22 bits per heavy atom. The van der Waals surface area contributed by atoms with Gasteiger partial charge in [-0.1, -0.05) is 31.5 Å². The van der Waals surface area contributed by atoms with Gasteiger partial charge in [0, 0.05) is 23.5 Å². The van der Waals surface area contributed by atoms with Crippen LogP contribution in [-0.2, 0) is 19.0 Å². The Bertz CT molecular complexity index is 1230. The summed E-state index contributed by atoms with van der Waals surface area (Å²) in [6, 6.07) is 7.35. The Morgan fingerprint density at radius 1 is 0.722 bits per heavy atom. The highest BCUT2D eigenvalue weighted by Gasteiger charge is 2.37. The van der Waals surface area contributed by atoms with Crippen LogP contribution < -0.4 is 0 Å². The maximum atomic E-state index is 14.8. The van der Waals surface area contributed by atoms with Crippen LogP contribution in [0.5, 0.6) is 11.5 Å². The Balaban J connectivity index is 2.27. The maximum Gasteiger partial charge on any atom is 0.416 e. The Hall–Kier alpha value is -3.30. The molecule has 0 aromatic heterocycles. The number of phenols is 2. The standard InChI is InChI=1S/C26H22F8O2/c1-2-5-14-10-22(35)17(12-20(14)27)24(16-6-3-4-7-19(16)26(32,33)34)18-13-21(28)15(11-23(18)36)8-9-25(29,30)31/h3-4,6-7,10-13,24,35-36H,2,5,8-9H2,1H3. The van der Waals surface area contributed by atoms with E-state index < -0.39 is 76.5 Å². The summed E-state index contributed by atoms with van der Waals surface area (Å²) in [6.07, 6.45) is -10.9. The number of hydrogen-bond donors (Lipinski definition) is 2. The molecule has 0 spiro atoms. The lowest BCUT2D eigenvalue weighted by atomic mass is 9.80. The van der Waals surface area contributed by atoms with E-state index in [2.05, 4.69) is 0 Å². The summed E-state index contributed by atoms with van der Waals surface area (Å²) in [5.74, 6) is -5.08. The van der Waals surface area contributed by atoms with E-state index in [9.17, 15) is 45.3 Å². The number of halogens is 8. The number of rotatable bonds is 7. The molecule has 0 amide bonds. The zero-order valence-electron chi connectivity index (χ0n) is 18.9. The normalized spacial score (nSPS) is 13.1. The Labute approximate surface area is 201 Å². The van der Waals surface area contributed by atoms with Crippen LogP contribution in [0.3, 0.4) is 0 Å². The smallest absolute Gasteiger partial charge is 0.416 e. The van der Waals surface area contributed by atoms with Crippen molar-refractivity contribution >= 4 is 0 Å². The molecule has 0 radical (unpaired) electrons. The number of aryl methyl sites for hydroxylation is 2. The molecule has 0 saturated heterocycles. The van der Waals surface area contributed by atoms with Crippen molar-refractivity contribution in [3.05, 3.63) is 93.5 Å². The fourth-order valence-corrected chi connectivity index (χ4v) is 4.14. The molecule has 2 N–H and O–H groups in total. The fourth-order valence-electron chi connectivity index (χ4n) is 4.14. The molecule has 3 aromatic carbocycles. The highest BCUT2D eigenvalue weighted by atomic mass is 19.4. The second-order valence-electron chi connectivity index (χ2n) is 8.39. The minimum absolute atomic E-state index is 0.111. The highest BCUT2D eigenvalue weighted by molar-refractivity contribution is 5.56. The van der Waals surface area contributed by atoms with Gasteiger partial charge in [-0.05, 0) is 59.9 Å². The highest BCUT2D eigenvalue weighted by Crippen LogP contribution is 2.46. The summed E-state index contributed by atoms with van der Waals surface area (Å²) in [5, 5.41) is 21.3. The van der Waals surface area contributed by atoms with E-state index in [1.165, 1.54) is 6.07 Å². The summed E-state index contributed by atoms with van der Waals surface area (Å²) in [6.45, 7) is 1.76. The van der Waals surface area contributed by atoms with E-state index in [4.69, 9.17) is 0 Å². The van der Waals surface area contributed by atoms with Gasteiger partial charge in [-0.3, -0.25) is 0 Å². The van der Waals surface area contributed by atoms with Crippen LogP contribution in [0, 0.1) is 11.6 Å². The average Bonchev–Trinajstić information content (AvgIpc) is 2.77. The van der Waals surface area contributed by atoms with E-state index in [1.807, 2.05) is 0 Å². The lowest BCUT2D eigenvalue weighted by molar-refractivity contribution is -0.138. The SMILES string of the molecule is CCCc1cc(O)c(C(c2cc(F)c(CCC(F)(F)F)cc2O)c2ccccc2C(F)(F)F)cc1F. The molecule has 194 valence electrons. The molecule has 1 unspecified atom stereocenters. The van der Waals surface area contributed by atoms with Crippen LogP contribution in [-0.4, -0.2) is 16.4 Å². The Morgan fingerprint density at radius 3 is 1.69 bits per heavy atom. The molecule has 0 heterocycles. The summed E-state index contributed by atoms with van der Waals surface area (Å²) in [4.78, 5) is 0. The number of aromatic hydroxyl groups is 2. The molecule has 0 aliphatic heterocycles. The van der Waals surface area contributed by atoms with E-state index >= 15 is 0 Å². The first-order valence-corrected chi connectivity index (χ1v) is 11.0. The van der Waals surface area contributed by atoms with Crippen molar-refractivity contribution in [3.63, 3.8) is 0 Å². The molecule has 0 saturated carbocycles. The molecule has 0 bridgehead atoms. The number of benzene rings is 3. The molecule has 10 heteroatoms. The maximum absolute atomic E-state index is 14.8. The second kappa shape index (κ2) is 10.4. The van der Waals surface area contributed by atoms with E-state index in [0.29, 0.717) is 18.6 Å². The van der Waals surface area contributed by atoms with Gasteiger partial charge in [0.15, 0.2) is 0 Å². The molecule has 2 nitrogen and oxygen atoms in total. The third-order valence-electron chi connectivity index (χ3n) is 5.79. The fraction of sp³-hybridized carbons (Fsp3) is 0.308. The quantitative estimate of drug-likeness (QED) is 0.246. The van der Waals surface area contributed by atoms with Crippen molar-refractivity contribution in [2.45, 2.75) is 50.9 Å². The molecule has 3 rings (SSSR count). The zero-order chi connectivity index (χ0) is 26.8. The van der Waals surface area contributed by atoms with Gasteiger partial charge in [-0.25, -0.2) is 8.78 Å². The molecular weight excluding hydrogens is 496 g/mol. The topological polar surface area (TPSA) is 40.5 Å². The number of phenolic OH excluding ortho intramolecular Hbond substituents is 2. The molecule has 0 fully saturated rings. The molecule has 3 aromatic rings. The molecule has 0 aliphatic rings. The third kappa shape index (κ3) is 6.09. The van der Waals surface area contributed by atoms with Crippen molar-refractivity contribution < 1.29 is 45.3 Å². The third-order valence-corrected chi connectivity index (χ3v) is 5.79. The van der Waals surface area contributed by atoms with Gasteiger partial charge in [0.05, 0.1) is 5.56 Å². The van der Waals surface area contributed by atoms with Crippen LogP contribution in [0.25, 0.3) is 0 Å². The monoisotopic (exact) mass is 518 g/mol. The van der Waals surface area contributed by atoms with Gasteiger partial charge >= 0.3 is 12.4 Å². The number of hydrogen-bond acceptors (Lipinski definition) is 2. The van der Waals surface area contributed by atoms with Crippen LogP contribution in [0.15, 0.2) is 48.5 Å². The van der Waals surface area contributed by atoms with Gasteiger partial charge in [0.1, 0.15) is 23.1 Å². The van der Waals surface area contributed by atoms with Crippen LogP contribution >= 0.6 is 0 Å². The van der Waals surface area contributed by atoms with E-state index in [0.717, 1.165) is 30.3 Å². The largest absolute Gasteiger partial charge is 0.508 e. The van der Waals surface area contributed by atoms with Crippen molar-refractivity contribution in [1.82, 2.24) is 0 Å². The minimum atomic E-state index is -4.90. The minimum Gasteiger partial charge on any atom is -0.508 e. The second-order valence-corrected chi connectivity index (χ2v) is 8.39. The lowest BCUT2D eigenvalue weighted by Gasteiger charge is -2.25. The molecular formula is C26H22F8O2. The lowest BCUT2D eigenvalue weighted by Crippen LogP contribution is -2.15. The predicted octanol–water partition coefficient (Wildman–Crippen LogP) is 8.02. The summed E-state index contributed by atoms with van der Waals surface area (Å²) in [5.41, 5.74) is -2.92. The van der Waals surface area contributed by atoms with Crippen molar-refractivity contribution in [2.24, 2.45) is 0 Å². The van der Waals surface area contributed by atoms with E-state index in [-0.39, 0.29) is 17.5 Å². The van der Waals surface area contributed by atoms with Crippen molar-refractivity contribution in [2.75, 3.05) is 0 Å². The first-order valence-electron chi connectivity index (χ1n) is 11.0. The van der Waals surface area contributed by atoms with E-state index in [1.54, 1.807) is 6.92 Å². The van der Waals surface area contributed by atoms with Gasteiger partial charge in [-0.2, -0.15) is 26.3 Å². The van der Waals surface area contributed by atoms with Crippen molar-refractivity contribution in [3.8, 4) is 11.5 Å². The van der Waals surface area contributed by atoms with Crippen molar-refractivity contribution in [1.29, 1.82) is 0 Å². The summed E-state index contributed by atoms with van der Waals surface area (Å²) < 4.78 is 109. The summed E-state index contributed by atoms with van der Waals surface area (Å²) >= 11 is 0. The first kappa shape index (κ1) is 27.3. The first-order chi connectivity index (χ1) is 16.7. The van der Waals surface area contributed by atoms with Gasteiger partial charge < -0.3 is 10.2 Å². The van der Waals surface area contributed by atoms with Crippen LogP contribution in [0.2, 0.25) is 0 Å². The summed E-state index contributed by atoms with van der Waals surface area (Å²) in [7, 11) is 0. The molecule has 1 atom stereocenters. The van der Waals surface area contributed by atoms with Gasteiger partial charge in [0.2, 0.25) is 0 Å².